The van der Waals surface area contributed by atoms with E-state index >= 15 is 0 Å². The number of rotatable bonds is 4. The summed E-state index contributed by atoms with van der Waals surface area (Å²) in [5, 5.41) is 8.10. The molecule has 0 aliphatic heterocycles. The van der Waals surface area contributed by atoms with Crippen molar-refractivity contribution in [2.45, 2.75) is 65.7 Å². The Morgan fingerprint density at radius 2 is 1.67 bits per heavy atom. The van der Waals surface area contributed by atoms with Crippen LogP contribution in [0.4, 0.5) is 9.59 Å². The zero-order valence-corrected chi connectivity index (χ0v) is 16.2. The molecule has 0 saturated carbocycles. The maximum Gasteiger partial charge on any atom is 0.408 e. The first-order valence-corrected chi connectivity index (χ1v) is 8.62. The van der Waals surface area contributed by atoms with E-state index in [1.54, 1.807) is 41.5 Å². The number of carbonyl (C=O) groups is 2. The molecule has 24 heavy (non-hydrogen) atoms. The molecule has 0 aliphatic rings. The van der Waals surface area contributed by atoms with Gasteiger partial charge in [0.05, 0.1) is 16.7 Å². The zero-order chi connectivity index (χ0) is 18.5. The van der Waals surface area contributed by atoms with Crippen LogP contribution in [-0.2, 0) is 9.47 Å². The highest BCUT2D eigenvalue weighted by atomic mass is 32.1. The summed E-state index contributed by atoms with van der Waals surface area (Å²) in [5.74, 6) is 0. The minimum atomic E-state index is -0.606. The topological polar surface area (TPSA) is 89.5 Å². The lowest BCUT2D eigenvalue weighted by molar-refractivity contribution is 0.0462. The van der Waals surface area contributed by atoms with E-state index in [4.69, 9.17) is 9.47 Å². The number of aromatic nitrogens is 1. The number of carbonyl (C=O) groups excluding carboxylic acids is 2. The van der Waals surface area contributed by atoms with Gasteiger partial charge in [-0.3, -0.25) is 0 Å². The molecule has 7 nitrogen and oxygen atoms in total. The summed E-state index contributed by atoms with van der Waals surface area (Å²) in [6.45, 7) is 12.7. The van der Waals surface area contributed by atoms with Crippen molar-refractivity contribution in [3.8, 4) is 0 Å². The molecule has 1 aromatic heterocycles. The van der Waals surface area contributed by atoms with E-state index < -0.39 is 29.4 Å². The SMILES string of the molecule is Cc1nc([C@H](CNC(=O)OC(C)(C)C)NC(=O)OC(C)(C)C)cs1. The van der Waals surface area contributed by atoms with Gasteiger partial charge < -0.3 is 20.1 Å². The molecule has 0 unspecified atom stereocenters. The van der Waals surface area contributed by atoms with Crippen LogP contribution in [0.25, 0.3) is 0 Å². The van der Waals surface area contributed by atoms with Crippen LogP contribution in [0.2, 0.25) is 0 Å². The first kappa shape index (κ1) is 20.2. The fourth-order valence-corrected chi connectivity index (χ4v) is 2.39. The van der Waals surface area contributed by atoms with Crippen LogP contribution in [0, 0.1) is 6.92 Å². The van der Waals surface area contributed by atoms with Crippen molar-refractivity contribution >= 4 is 23.5 Å². The van der Waals surface area contributed by atoms with Gasteiger partial charge in [-0.25, -0.2) is 14.6 Å². The van der Waals surface area contributed by atoms with Gasteiger partial charge in [0.2, 0.25) is 0 Å². The molecule has 1 aromatic rings. The molecule has 2 amide bonds. The summed E-state index contributed by atoms with van der Waals surface area (Å²) in [7, 11) is 0. The maximum atomic E-state index is 12.0. The second-order valence-corrected chi connectivity index (χ2v) is 8.44. The van der Waals surface area contributed by atoms with E-state index in [0.717, 1.165) is 5.01 Å². The lowest BCUT2D eigenvalue weighted by Crippen LogP contribution is -2.42. The zero-order valence-electron chi connectivity index (χ0n) is 15.4. The molecule has 136 valence electrons. The Labute approximate surface area is 147 Å². The lowest BCUT2D eigenvalue weighted by Gasteiger charge is -2.24. The van der Waals surface area contributed by atoms with Crippen LogP contribution in [0.5, 0.6) is 0 Å². The second-order valence-electron chi connectivity index (χ2n) is 7.37. The molecule has 1 atom stereocenters. The van der Waals surface area contributed by atoms with Gasteiger partial charge in [0.1, 0.15) is 11.2 Å². The third kappa shape index (κ3) is 8.14. The van der Waals surface area contributed by atoms with Gasteiger partial charge in [-0.05, 0) is 48.5 Å². The average molecular weight is 357 g/mol. The largest absolute Gasteiger partial charge is 0.444 e. The molecule has 0 aromatic carbocycles. The van der Waals surface area contributed by atoms with Gasteiger partial charge in [-0.15, -0.1) is 11.3 Å². The quantitative estimate of drug-likeness (QED) is 0.860. The smallest absolute Gasteiger partial charge is 0.408 e. The summed E-state index contributed by atoms with van der Waals surface area (Å²) in [6.07, 6.45) is -1.12. The second kappa shape index (κ2) is 7.83. The molecular weight excluding hydrogens is 330 g/mol. The molecule has 0 radical (unpaired) electrons. The summed E-state index contributed by atoms with van der Waals surface area (Å²) in [6, 6.07) is -0.502. The van der Waals surface area contributed by atoms with Crippen molar-refractivity contribution in [3.63, 3.8) is 0 Å². The number of amides is 2. The normalized spacial score (nSPS) is 13.1. The Morgan fingerprint density at radius 3 is 2.12 bits per heavy atom. The van der Waals surface area contributed by atoms with E-state index in [9.17, 15) is 9.59 Å². The van der Waals surface area contributed by atoms with E-state index in [0.29, 0.717) is 5.69 Å². The number of nitrogens with zero attached hydrogens (tertiary/aromatic N) is 1. The fourth-order valence-electron chi connectivity index (χ4n) is 1.72. The number of aryl methyl sites for hydroxylation is 1. The van der Waals surface area contributed by atoms with Gasteiger partial charge >= 0.3 is 12.2 Å². The van der Waals surface area contributed by atoms with E-state index in [-0.39, 0.29) is 6.54 Å². The molecule has 0 saturated heterocycles. The van der Waals surface area contributed by atoms with Gasteiger partial charge in [-0.2, -0.15) is 0 Å². The molecular formula is C16H27N3O4S. The molecule has 0 aliphatic carbocycles. The summed E-state index contributed by atoms with van der Waals surface area (Å²) < 4.78 is 10.5. The monoisotopic (exact) mass is 357 g/mol. The first-order valence-electron chi connectivity index (χ1n) is 7.74. The van der Waals surface area contributed by atoms with Crippen LogP contribution < -0.4 is 10.6 Å². The van der Waals surface area contributed by atoms with Gasteiger partial charge in [0.25, 0.3) is 0 Å². The van der Waals surface area contributed by atoms with Gasteiger partial charge in [0, 0.05) is 11.9 Å². The predicted octanol–water partition coefficient (Wildman–Crippen LogP) is 3.54. The number of hydrogen-bond acceptors (Lipinski definition) is 6. The minimum absolute atomic E-state index is 0.150. The van der Waals surface area contributed by atoms with Crippen molar-refractivity contribution in [2.24, 2.45) is 0 Å². The fraction of sp³-hybridized carbons (Fsp3) is 0.688. The average Bonchev–Trinajstić information content (AvgIpc) is 2.76. The van der Waals surface area contributed by atoms with E-state index in [1.165, 1.54) is 11.3 Å². The van der Waals surface area contributed by atoms with Crippen LogP contribution >= 0.6 is 11.3 Å². The van der Waals surface area contributed by atoms with E-state index in [1.807, 2.05) is 12.3 Å². The highest BCUT2D eigenvalue weighted by Crippen LogP contribution is 2.17. The van der Waals surface area contributed by atoms with Crippen LogP contribution in [0.1, 0.15) is 58.3 Å². The highest BCUT2D eigenvalue weighted by Gasteiger charge is 2.23. The molecule has 0 fully saturated rings. The third-order valence-electron chi connectivity index (χ3n) is 2.53. The summed E-state index contributed by atoms with van der Waals surface area (Å²) >= 11 is 1.47. The first-order chi connectivity index (χ1) is 10.9. The Hall–Kier alpha value is -1.83. The van der Waals surface area contributed by atoms with E-state index in [2.05, 4.69) is 15.6 Å². The Kier molecular flexibility index (Phi) is 6.59. The Balaban J connectivity index is 2.72. The number of hydrogen-bond donors (Lipinski definition) is 2. The number of thiazole rings is 1. The third-order valence-corrected chi connectivity index (χ3v) is 3.33. The maximum absolute atomic E-state index is 12.0. The predicted molar refractivity (Wildman–Crippen MR) is 93.2 cm³/mol. The molecule has 0 spiro atoms. The van der Waals surface area contributed by atoms with Gasteiger partial charge in [0.15, 0.2) is 0 Å². The Bertz CT molecular complexity index is 573. The van der Waals surface area contributed by atoms with Gasteiger partial charge in [-0.1, -0.05) is 0 Å². The summed E-state index contributed by atoms with van der Waals surface area (Å²) in [5.41, 5.74) is -0.528. The van der Waals surface area contributed by atoms with Crippen molar-refractivity contribution in [2.75, 3.05) is 6.54 Å². The molecule has 1 rings (SSSR count). The van der Waals surface area contributed by atoms with Crippen LogP contribution in [0.3, 0.4) is 0 Å². The number of ether oxygens (including phenoxy) is 2. The summed E-state index contributed by atoms with van der Waals surface area (Å²) in [4.78, 5) is 28.2. The van der Waals surface area contributed by atoms with Crippen LogP contribution in [0.15, 0.2) is 5.38 Å². The van der Waals surface area contributed by atoms with Crippen molar-refractivity contribution < 1.29 is 19.1 Å². The molecule has 1 heterocycles. The lowest BCUT2D eigenvalue weighted by atomic mass is 10.2. The standard InChI is InChI=1S/C16H27N3O4S/c1-10-18-12(9-24-10)11(19-14(21)23-16(5,6)7)8-17-13(20)22-15(2,3)4/h9,11H,8H2,1-7H3,(H,17,20)(H,19,21)/t11-/m0/s1. The number of alkyl carbamates (subject to hydrolysis) is 2. The molecule has 0 bridgehead atoms. The van der Waals surface area contributed by atoms with Crippen molar-refractivity contribution in [1.29, 1.82) is 0 Å². The number of nitrogens with one attached hydrogen (secondary N) is 2. The van der Waals surface area contributed by atoms with Crippen LogP contribution in [-0.4, -0.2) is 34.9 Å². The van der Waals surface area contributed by atoms with Crippen molar-refractivity contribution in [1.82, 2.24) is 15.6 Å². The Morgan fingerprint density at radius 1 is 1.12 bits per heavy atom. The van der Waals surface area contributed by atoms with Crippen molar-refractivity contribution in [3.05, 3.63) is 16.1 Å². The highest BCUT2D eigenvalue weighted by molar-refractivity contribution is 7.09. The molecule has 8 heteroatoms. The molecule has 2 N–H and O–H groups in total. The minimum Gasteiger partial charge on any atom is -0.444 e.